The fraction of sp³-hybridized carbons (Fsp3) is 0.278. The summed E-state index contributed by atoms with van der Waals surface area (Å²) >= 11 is 0. The molecule has 0 fully saturated rings. The van der Waals surface area contributed by atoms with E-state index < -0.39 is 0 Å². The Bertz CT molecular complexity index is 650. The van der Waals surface area contributed by atoms with Gasteiger partial charge in [-0.05, 0) is 47.7 Å². The highest BCUT2D eigenvalue weighted by Crippen LogP contribution is 2.23. The molecular formula is C18H18N2. The number of benzene rings is 2. The molecule has 20 heavy (non-hydrogen) atoms. The van der Waals surface area contributed by atoms with Crippen molar-refractivity contribution in [3.8, 4) is 6.07 Å². The maximum absolute atomic E-state index is 8.82. The van der Waals surface area contributed by atoms with Crippen molar-refractivity contribution in [3.05, 3.63) is 70.3 Å². The van der Waals surface area contributed by atoms with Gasteiger partial charge in [-0.2, -0.15) is 5.26 Å². The van der Waals surface area contributed by atoms with Crippen LogP contribution in [0.4, 0.5) is 0 Å². The van der Waals surface area contributed by atoms with Gasteiger partial charge in [0.1, 0.15) is 0 Å². The molecule has 0 spiro atoms. The number of nitrogens with zero attached hydrogens (tertiary/aromatic N) is 2. The maximum Gasteiger partial charge on any atom is 0.0991 e. The lowest BCUT2D eigenvalue weighted by molar-refractivity contribution is 0.245. The smallest absolute Gasteiger partial charge is 0.0991 e. The third kappa shape index (κ3) is 2.59. The Morgan fingerprint density at radius 3 is 2.70 bits per heavy atom. The summed E-state index contributed by atoms with van der Waals surface area (Å²) in [4.78, 5) is 2.48. The van der Waals surface area contributed by atoms with Crippen LogP contribution in [0.2, 0.25) is 0 Å². The average molecular weight is 262 g/mol. The zero-order valence-corrected chi connectivity index (χ0v) is 11.8. The highest BCUT2D eigenvalue weighted by molar-refractivity contribution is 5.36. The predicted octanol–water partition coefficient (Wildman–Crippen LogP) is 3.43. The van der Waals surface area contributed by atoms with Crippen molar-refractivity contribution < 1.29 is 0 Å². The Morgan fingerprint density at radius 1 is 1.15 bits per heavy atom. The molecule has 0 aliphatic carbocycles. The molecule has 0 aromatic heterocycles. The van der Waals surface area contributed by atoms with Crippen molar-refractivity contribution in [3.63, 3.8) is 0 Å². The third-order valence-corrected chi connectivity index (χ3v) is 4.07. The molecule has 2 heteroatoms. The van der Waals surface area contributed by atoms with Crippen molar-refractivity contribution in [2.75, 3.05) is 6.54 Å². The monoisotopic (exact) mass is 262 g/mol. The molecule has 3 rings (SSSR count). The van der Waals surface area contributed by atoms with Crippen LogP contribution < -0.4 is 0 Å². The van der Waals surface area contributed by atoms with E-state index in [1.165, 1.54) is 22.3 Å². The van der Waals surface area contributed by atoms with Gasteiger partial charge in [0.2, 0.25) is 0 Å². The lowest BCUT2D eigenvalue weighted by Gasteiger charge is -2.29. The van der Waals surface area contributed by atoms with Crippen LogP contribution in [0.3, 0.4) is 0 Å². The van der Waals surface area contributed by atoms with Crippen molar-refractivity contribution in [2.45, 2.75) is 26.4 Å². The topological polar surface area (TPSA) is 27.0 Å². The summed E-state index contributed by atoms with van der Waals surface area (Å²) in [7, 11) is 0. The SMILES string of the molecule is Cc1cccc2c1CCN(Cc1ccc(C#N)cc1)C2. The van der Waals surface area contributed by atoms with E-state index in [9.17, 15) is 0 Å². The summed E-state index contributed by atoms with van der Waals surface area (Å²) < 4.78 is 0. The molecule has 2 aromatic carbocycles. The van der Waals surface area contributed by atoms with Crippen LogP contribution in [0.25, 0.3) is 0 Å². The number of nitriles is 1. The second-order valence-corrected chi connectivity index (χ2v) is 5.48. The van der Waals surface area contributed by atoms with Crippen LogP contribution in [0.5, 0.6) is 0 Å². The van der Waals surface area contributed by atoms with Crippen molar-refractivity contribution in [2.24, 2.45) is 0 Å². The van der Waals surface area contributed by atoms with Gasteiger partial charge in [-0.25, -0.2) is 0 Å². The summed E-state index contributed by atoms with van der Waals surface area (Å²) in [6, 6.07) is 16.7. The predicted molar refractivity (Wildman–Crippen MR) is 80.2 cm³/mol. The van der Waals surface area contributed by atoms with Crippen LogP contribution in [0.15, 0.2) is 42.5 Å². The molecule has 0 saturated heterocycles. The standard InChI is InChI=1S/C18H18N2/c1-14-3-2-4-17-13-20(10-9-18(14)17)12-16-7-5-15(11-19)6-8-16/h2-8H,9-10,12-13H2,1H3. The van der Waals surface area contributed by atoms with Crippen LogP contribution in [-0.2, 0) is 19.5 Å². The van der Waals surface area contributed by atoms with Crippen molar-refractivity contribution in [1.29, 1.82) is 5.26 Å². The van der Waals surface area contributed by atoms with Gasteiger partial charge in [-0.15, -0.1) is 0 Å². The molecule has 0 bridgehead atoms. The van der Waals surface area contributed by atoms with Crippen molar-refractivity contribution in [1.82, 2.24) is 4.90 Å². The Kier molecular flexibility index (Phi) is 3.54. The van der Waals surface area contributed by atoms with Gasteiger partial charge in [-0.1, -0.05) is 30.3 Å². The highest BCUT2D eigenvalue weighted by atomic mass is 15.1. The van der Waals surface area contributed by atoms with E-state index in [2.05, 4.69) is 48.2 Å². The normalized spacial score (nSPS) is 14.6. The van der Waals surface area contributed by atoms with Gasteiger partial charge in [0.05, 0.1) is 11.6 Å². The second-order valence-electron chi connectivity index (χ2n) is 5.48. The van der Waals surface area contributed by atoms with Gasteiger partial charge in [0, 0.05) is 19.6 Å². The number of hydrogen-bond acceptors (Lipinski definition) is 2. The largest absolute Gasteiger partial charge is 0.294 e. The fourth-order valence-corrected chi connectivity index (χ4v) is 2.94. The molecule has 2 aromatic rings. The maximum atomic E-state index is 8.82. The molecule has 0 atom stereocenters. The quantitative estimate of drug-likeness (QED) is 0.829. The van der Waals surface area contributed by atoms with E-state index >= 15 is 0 Å². The first-order valence-electron chi connectivity index (χ1n) is 7.05. The fourth-order valence-electron chi connectivity index (χ4n) is 2.94. The summed E-state index contributed by atoms with van der Waals surface area (Å²) in [6.45, 7) is 5.29. The summed E-state index contributed by atoms with van der Waals surface area (Å²) in [5.74, 6) is 0. The van der Waals surface area contributed by atoms with Crippen LogP contribution in [0.1, 0.15) is 27.8 Å². The first-order chi connectivity index (χ1) is 9.76. The molecule has 2 nitrogen and oxygen atoms in total. The van der Waals surface area contributed by atoms with Gasteiger partial charge >= 0.3 is 0 Å². The first-order valence-corrected chi connectivity index (χ1v) is 7.05. The number of aryl methyl sites for hydroxylation is 1. The minimum Gasteiger partial charge on any atom is -0.294 e. The van der Waals surface area contributed by atoms with E-state index in [1.807, 2.05) is 12.1 Å². The van der Waals surface area contributed by atoms with E-state index in [4.69, 9.17) is 5.26 Å². The Morgan fingerprint density at radius 2 is 1.95 bits per heavy atom. The molecule has 1 heterocycles. The summed E-state index contributed by atoms with van der Waals surface area (Å²) in [5, 5.41) is 8.82. The molecule has 0 amide bonds. The molecule has 0 N–H and O–H groups in total. The summed E-state index contributed by atoms with van der Waals surface area (Å²) in [6.07, 6.45) is 1.14. The third-order valence-electron chi connectivity index (χ3n) is 4.07. The molecule has 0 saturated carbocycles. The van der Waals surface area contributed by atoms with E-state index in [-0.39, 0.29) is 0 Å². The molecule has 1 aliphatic rings. The molecule has 0 radical (unpaired) electrons. The van der Waals surface area contributed by atoms with Crippen molar-refractivity contribution >= 4 is 0 Å². The molecule has 100 valence electrons. The lowest BCUT2D eigenvalue weighted by Crippen LogP contribution is -2.30. The van der Waals surface area contributed by atoms with Gasteiger partial charge < -0.3 is 0 Å². The highest BCUT2D eigenvalue weighted by Gasteiger charge is 2.17. The zero-order valence-electron chi connectivity index (χ0n) is 11.8. The number of hydrogen-bond donors (Lipinski definition) is 0. The van der Waals surface area contributed by atoms with E-state index in [1.54, 1.807) is 0 Å². The Hall–Kier alpha value is -2.11. The van der Waals surface area contributed by atoms with E-state index in [0.29, 0.717) is 0 Å². The Balaban J connectivity index is 1.72. The molecular weight excluding hydrogens is 244 g/mol. The number of fused-ring (bicyclic) bond motifs is 1. The minimum absolute atomic E-state index is 0.730. The zero-order chi connectivity index (χ0) is 13.9. The lowest BCUT2D eigenvalue weighted by atomic mass is 9.95. The van der Waals surface area contributed by atoms with Crippen LogP contribution in [0, 0.1) is 18.3 Å². The first kappa shape index (κ1) is 12.9. The summed E-state index contributed by atoms with van der Waals surface area (Å²) in [5.41, 5.74) is 6.42. The molecule has 0 unspecified atom stereocenters. The second kappa shape index (κ2) is 5.48. The van der Waals surface area contributed by atoms with Gasteiger partial charge in [-0.3, -0.25) is 4.90 Å². The molecule has 1 aliphatic heterocycles. The van der Waals surface area contributed by atoms with Crippen LogP contribution in [-0.4, -0.2) is 11.4 Å². The minimum atomic E-state index is 0.730. The van der Waals surface area contributed by atoms with E-state index in [0.717, 1.165) is 31.6 Å². The van der Waals surface area contributed by atoms with Gasteiger partial charge in [0.15, 0.2) is 0 Å². The van der Waals surface area contributed by atoms with Crippen LogP contribution >= 0.6 is 0 Å². The average Bonchev–Trinajstić information content (AvgIpc) is 2.48. The van der Waals surface area contributed by atoms with Gasteiger partial charge in [0.25, 0.3) is 0 Å². The number of rotatable bonds is 2. The Labute approximate surface area is 120 Å².